The highest BCUT2D eigenvalue weighted by Crippen LogP contribution is 2.24. The molecule has 0 saturated heterocycles. The van der Waals surface area contributed by atoms with Crippen LogP contribution in [0.25, 0.3) is 0 Å². The molecule has 0 spiro atoms. The van der Waals surface area contributed by atoms with E-state index in [1.54, 1.807) is 26.8 Å². The molecule has 27 heavy (non-hydrogen) atoms. The second kappa shape index (κ2) is 8.49. The van der Waals surface area contributed by atoms with Gasteiger partial charge < -0.3 is 10.1 Å². The molecule has 0 aliphatic heterocycles. The number of hydrogen-bond donors (Lipinski definition) is 1. The van der Waals surface area contributed by atoms with Crippen LogP contribution in [0, 0.1) is 12.7 Å². The summed E-state index contributed by atoms with van der Waals surface area (Å²) >= 11 is 0. The molecule has 146 valence electrons. The first-order valence-corrected chi connectivity index (χ1v) is 9.94. The van der Waals surface area contributed by atoms with E-state index in [-0.39, 0.29) is 16.2 Å². The van der Waals surface area contributed by atoms with E-state index >= 15 is 0 Å². The summed E-state index contributed by atoms with van der Waals surface area (Å²) in [7, 11) is -2.31. The molecule has 2 rings (SSSR count). The third-order valence-corrected chi connectivity index (χ3v) is 6.26. The topological polar surface area (TPSA) is 75.7 Å². The Morgan fingerprint density at radius 3 is 2.37 bits per heavy atom. The summed E-state index contributed by atoms with van der Waals surface area (Å²) in [5, 5.41) is 2.65. The Balaban J connectivity index is 2.34. The third-order valence-electron chi connectivity index (χ3n) is 4.21. The van der Waals surface area contributed by atoms with Gasteiger partial charge in [0.2, 0.25) is 10.0 Å². The van der Waals surface area contributed by atoms with E-state index < -0.39 is 21.7 Å². The number of anilines is 1. The molecule has 2 aromatic carbocycles. The van der Waals surface area contributed by atoms with Gasteiger partial charge in [-0.3, -0.25) is 4.79 Å². The van der Waals surface area contributed by atoms with Crippen molar-refractivity contribution in [3.05, 3.63) is 53.3 Å². The summed E-state index contributed by atoms with van der Waals surface area (Å²) in [6.07, 6.45) is 0. The molecule has 0 aliphatic rings. The van der Waals surface area contributed by atoms with Gasteiger partial charge in [-0.1, -0.05) is 19.9 Å². The lowest BCUT2D eigenvalue weighted by atomic mass is 10.1. The number of carbonyl (C=O) groups excluding carboxylic acids is 1. The van der Waals surface area contributed by atoms with Crippen molar-refractivity contribution in [3.8, 4) is 5.75 Å². The highest BCUT2D eigenvalue weighted by molar-refractivity contribution is 7.89. The fourth-order valence-electron chi connectivity index (χ4n) is 2.61. The maximum Gasteiger partial charge on any atom is 0.255 e. The van der Waals surface area contributed by atoms with Crippen LogP contribution in [0.1, 0.15) is 29.8 Å². The van der Waals surface area contributed by atoms with Crippen molar-refractivity contribution in [1.82, 2.24) is 4.31 Å². The largest absolute Gasteiger partial charge is 0.494 e. The van der Waals surface area contributed by atoms with Crippen molar-refractivity contribution in [2.24, 2.45) is 0 Å². The van der Waals surface area contributed by atoms with Crippen molar-refractivity contribution in [1.29, 1.82) is 0 Å². The summed E-state index contributed by atoms with van der Waals surface area (Å²) in [5.41, 5.74) is 1.14. The zero-order chi connectivity index (χ0) is 20.2. The molecular formula is C19H23FN2O4S. The van der Waals surface area contributed by atoms with Crippen LogP contribution in [-0.4, -0.2) is 38.8 Å². The number of methoxy groups -OCH3 is 1. The molecule has 0 radical (unpaired) electrons. The minimum atomic E-state index is -3.65. The molecule has 0 atom stereocenters. The van der Waals surface area contributed by atoms with Gasteiger partial charge in [0.15, 0.2) is 11.6 Å². The second-order valence-corrected chi connectivity index (χ2v) is 7.81. The average molecular weight is 394 g/mol. The van der Waals surface area contributed by atoms with Gasteiger partial charge in [-0.25, -0.2) is 12.8 Å². The number of carbonyl (C=O) groups is 1. The van der Waals surface area contributed by atoms with Crippen molar-refractivity contribution in [2.75, 3.05) is 25.5 Å². The number of aryl methyl sites for hydroxylation is 1. The minimum Gasteiger partial charge on any atom is -0.494 e. The number of sulfonamides is 1. The standard InChI is InChI=1S/C19H23FN2O4S/c1-5-22(6-2)27(24,25)15-9-7-13(3)17(12-15)21-19(23)14-8-10-18(26-4)16(20)11-14/h7-12H,5-6H2,1-4H3,(H,21,23). The maximum atomic E-state index is 13.8. The van der Waals surface area contributed by atoms with Gasteiger partial charge in [-0.2, -0.15) is 4.31 Å². The van der Waals surface area contributed by atoms with Crippen LogP contribution in [0.5, 0.6) is 5.75 Å². The van der Waals surface area contributed by atoms with Gasteiger partial charge in [0.25, 0.3) is 5.91 Å². The molecule has 0 unspecified atom stereocenters. The molecular weight excluding hydrogens is 371 g/mol. The van der Waals surface area contributed by atoms with Gasteiger partial charge in [0.05, 0.1) is 12.0 Å². The van der Waals surface area contributed by atoms with E-state index in [1.165, 1.54) is 35.7 Å². The van der Waals surface area contributed by atoms with Crippen LogP contribution in [0.15, 0.2) is 41.3 Å². The summed E-state index contributed by atoms with van der Waals surface area (Å²) in [6, 6.07) is 8.41. The molecule has 0 saturated carbocycles. The number of amides is 1. The molecule has 0 fully saturated rings. The third kappa shape index (κ3) is 4.45. The number of benzene rings is 2. The first-order chi connectivity index (χ1) is 12.7. The van der Waals surface area contributed by atoms with Crippen LogP contribution in [0.4, 0.5) is 10.1 Å². The molecule has 1 N–H and O–H groups in total. The van der Waals surface area contributed by atoms with Gasteiger partial charge in [0.1, 0.15) is 0 Å². The number of ether oxygens (including phenoxy) is 1. The van der Waals surface area contributed by atoms with Gasteiger partial charge in [-0.15, -0.1) is 0 Å². The number of nitrogens with one attached hydrogen (secondary N) is 1. The second-order valence-electron chi connectivity index (χ2n) is 5.87. The molecule has 0 heterocycles. The highest BCUT2D eigenvalue weighted by atomic mass is 32.2. The van der Waals surface area contributed by atoms with E-state index in [1.807, 2.05) is 0 Å². The Bertz CT molecular complexity index is 941. The number of rotatable bonds is 7. The summed E-state index contributed by atoms with van der Waals surface area (Å²) in [5.74, 6) is -1.16. The van der Waals surface area contributed by atoms with Crippen LogP contribution in [0.3, 0.4) is 0 Å². The number of hydrogen-bond acceptors (Lipinski definition) is 4. The fourth-order valence-corrected chi connectivity index (χ4v) is 4.10. The highest BCUT2D eigenvalue weighted by Gasteiger charge is 2.22. The Hall–Kier alpha value is -2.45. The monoisotopic (exact) mass is 394 g/mol. The summed E-state index contributed by atoms with van der Waals surface area (Å²) in [6.45, 7) is 5.96. The fraction of sp³-hybridized carbons (Fsp3) is 0.316. The quantitative estimate of drug-likeness (QED) is 0.781. The van der Waals surface area contributed by atoms with Crippen LogP contribution in [-0.2, 0) is 10.0 Å². The van der Waals surface area contributed by atoms with Gasteiger partial charge in [-0.05, 0) is 42.8 Å². The Labute approximate surface area is 159 Å². The predicted octanol–water partition coefficient (Wildman–Crippen LogP) is 3.43. The zero-order valence-corrected chi connectivity index (χ0v) is 16.6. The molecule has 0 bridgehead atoms. The van der Waals surface area contributed by atoms with E-state index in [9.17, 15) is 17.6 Å². The Kier molecular flexibility index (Phi) is 6.56. The van der Waals surface area contributed by atoms with Crippen LogP contribution < -0.4 is 10.1 Å². The average Bonchev–Trinajstić information content (AvgIpc) is 2.64. The number of nitrogens with zero attached hydrogens (tertiary/aromatic N) is 1. The van der Waals surface area contributed by atoms with Gasteiger partial charge >= 0.3 is 0 Å². The number of halogens is 1. The normalized spacial score (nSPS) is 11.5. The van der Waals surface area contributed by atoms with Crippen molar-refractivity contribution in [2.45, 2.75) is 25.7 Å². The van der Waals surface area contributed by atoms with E-state index in [0.717, 1.165) is 6.07 Å². The molecule has 6 nitrogen and oxygen atoms in total. The molecule has 2 aromatic rings. The van der Waals surface area contributed by atoms with E-state index in [2.05, 4.69) is 5.32 Å². The molecule has 1 amide bonds. The minimum absolute atomic E-state index is 0.0371. The van der Waals surface area contributed by atoms with Crippen LogP contribution in [0.2, 0.25) is 0 Å². The summed E-state index contributed by atoms with van der Waals surface area (Å²) in [4.78, 5) is 12.5. The van der Waals surface area contributed by atoms with Crippen LogP contribution >= 0.6 is 0 Å². The Morgan fingerprint density at radius 1 is 1.15 bits per heavy atom. The van der Waals surface area contributed by atoms with E-state index in [4.69, 9.17) is 4.74 Å². The lowest BCUT2D eigenvalue weighted by Gasteiger charge is -2.19. The molecule has 0 aromatic heterocycles. The predicted molar refractivity (Wildman–Crippen MR) is 102 cm³/mol. The van der Waals surface area contributed by atoms with E-state index in [0.29, 0.717) is 24.3 Å². The smallest absolute Gasteiger partial charge is 0.255 e. The SMILES string of the molecule is CCN(CC)S(=O)(=O)c1ccc(C)c(NC(=O)c2ccc(OC)c(F)c2)c1. The van der Waals surface area contributed by atoms with Crippen molar-refractivity contribution >= 4 is 21.6 Å². The summed E-state index contributed by atoms with van der Waals surface area (Å²) < 4.78 is 45.4. The lowest BCUT2D eigenvalue weighted by Crippen LogP contribution is -2.30. The van der Waals surface area contributed by atoms with Crippen molar-refractivity contribution in [3.63, 3.8) is 0 Å². The Morgan fingerprint density at radius 2 is 1.81 bits per heavy atom. The molecule has 8 heteroatoms. The molecule has 0 aliphatic carbocycles. The first-order valence-electron chi connectivity index (χ1n) is 8.50. The van der Waals surface area contributed by atoms with Crippen molar-refractivity contribution < 1.29 is 22.3 Å². The zero-order valence-electron chi connectivity index (χ0n) is 15.7. The first kappa shape index (κ1) is 20.9. The maximum absolute atomic E-state index is 13.8. The van der Waals surface area contributed by atoms with Gasteiger partial charge in [0, 0.05) is 24.3 Å². The lowest BCUT2D eigenvalue weighted by molar-refractivity contribution is 0.102.